The molecular weight excluding hydrogens is 179 g/mol. The summed E-state index contributed by atoms with van der Waals surface area (Å²) in [6, 6.07) is 0.579. The Kier molecular flexibility index (Phi) is 2.55. The number of hydrogen-bond acceptors (Lipinski definition) is 2. The third kappa shape index (κ3) is 1.99. The van der Waals surface area contributed by atoms with Crippen LogP contribution in [0.15, 0.2) is 4.99 Å². The van der Waals surface area contributed by atoms with Gasteiger partial charge in [0.15, 0.2) is 0 Å². The van der Waals surface area contributed by atoms with Gasteiger partial charge in [-0.25, -0.2) is 0 Å². The third-order valence-electron chi connectivity index (χ3n) is 1.36. The van der Waals surface area contributed by atoms with Crippen LogP contribution in [0.5, 0.6) is 0 Å². The van der Waals surface area contributed by atoms with Gasteiger partial charge in [-0.1, -0.05) is 0 Å². The Labute approximate surface area is 62.1 Å². The summed E-state index contributed by atoms with van der Waals surface area (Å²) in [5, 5.41) is 1.24. The van der Waals surface area contributed by atoms with Gasteiger partial charge in [0.25, 0.3) is 0 Å². The van der Waals surface area contributed by atoms with Crippen molar-refractivity contribution in [3.63, 3.8) is 0 Å². The van der Waals surface area contributed by atoms with E-state index in [-0.39, 0.29) is 0 Å². The van der Waals surface area contributed by atoms with Gasteiger partial charge in [-0.15, -0.1) is 0 Å². The summed E-state index contributed by atoms with van der Waals surface area (Å²) in [7, 11) is 0. The van der Waals surface area contributed by atoms with Crippen LogP contribution in [0.3, 0.4) is 0 Å². The van der Waals surface area contributed by atoms with Crippen molar-refractivity contribution in [3.8, 4) is 0 Å². The molecule has 0 radical (unpaired) electrons. The van der Waals surface area contributed by atoms with Gasteiger partial charge in [0, 0.05) is 0 Å². The molecule has 1 atom stereocenters. The molecule has 0 aromatic carbocycles. The normalized spacial score (nSPS) is 26.3. The van der Waals surface area contributed by atoms with E-state index in [0.717, 1.165) is 4.73 Å². The molecule has 52 valence electrons. The van der Waals surface area contributed by atoms with E-state index < -0.39 is 0 Å². The van der Waals surface area contributed by atoms with E-state index in [1.807, 2.05) is 0 Å². The molecule has 0 saturated carbocycles. The van der Waals surface area contributed by atoms with Crippen molar-refractivity contribution in [1.82, 2.24) is 0 Å². The molecule has 9 heavy (non-hydrogen) atoms. The number of nitrogens with zero attached hydrogens (tertiary/aromatic N) is 1. The van der Waals surface area contributed by atoms with Crippen LogP contribution >= 0.6 is 0 Å². The van der Waals surface area contributed by atoms with Crippen LogP contribution in [0.4, 0.5) is 0 Å². The molecule has 2 N–H and O–H groups in total. The summed E-state index contributed by atoms with van der Waals surface area (Å²) in [5.74, 6) is 0. The first kappa shape index (κ1) is 7.10. The Hall–Kier alpha value is -0.0105. The predicted octanol–water partition coefficient (Wildman–Crippen LogP) is 0.606. The van der Waals surface area contributed by atoms with Crippen molar-refractivity contribution >= 4 is 19.7 Å². The molecule has 0 unspecified atom stereocenters. The van der Waals surface area contributed by atoms with E-state index in [9.17, 15) is 0 Å². The number of rotatable bonds is 2. The zero-order chi connectivity index (χ0) is 6.69. The second-order valence-electron chi connectivity index (χ2n) is 2.22. The Morgan fingerprint density at radius 3 is 3.11 bits per heavy atom. The zero-order valence-electron chi connectivity index (χ0n) is 5.63. The van der Waals surface area contributed by atoms with Gasteiger partial charge < -0.3 is 0 Å². The summed E-state index contributed by atoms with van der Waals surface area (Å²) in [5.41, 5.74) is 5.53. The van der Waals surface area contributed by atoms with Crippen LogP contribution in [0.2, 0.25) is 5.32 Å². The van der Waals surface area contributed by atoms with Crippen molar-refractivity contribution in [1.29, 1.82) is 0 Å². The predicted molar refractivity (Wildman–Crippen MR) is 40.9 cm³/mol. The molecule has 0 aromatic heterocycles. The van der Waals surface area contributed by atoms with Gasteiger partial charge in [0.1, 0.15) is 0 Å². The maximum absolute atomic E-state index is 5.53. The molecule has 0 saturated heterocycles. The zero-order valence-corrected chi connectivity index (χ0v) is 7.34. The summed E-state index contributed by atoms with van der Waals surface area (Å²) in [6.45, 7) is 2.19. The fourth-order valence-corrected chi connectivity index (χ4v) is 2.65. The van der Waals surface area contributed by atoms with E-state index in [1.165, 1.54) is 18.2 Å². The topological polar surface area (TPSA) is 38.4 Å². The van der Waals surface area contributed by atoms with Crippen molar-refractivity contribution in [2.75, 3.05) is 0 Å². The van der Waals surface area contributed by atoms with Gasteiger partial charge in [0.05, 0.1) is 0 Å². The van der Waals surface area contributed by atoms with Crippen LogP contribution in [0, 0.1) is 0 Å². The summed E-state index contributed by atoms with van der Waals surface area (Å²) in [6.07, 6.45) is 2.46. The first-order valence-corrected chi connectivity index (χ1v) is 5.35. The van der Waals surface area contributed by atoms with E-state index in [1.54, 1.807) is 0 Å². The van der Waals surface area contributed by atoms with Gasteiger partial charge in [-0.05, 0) is 0 Å². The molecule has 0 aromatic rings. The van der Waals surface area contributed by atoms with Crippen LogP contribution in [0.25, 0.3) is 0 Å². The Morgan fingerprint density at radius 2 is 2.67 bits per heavy atom. The minimum atomic E-state index is 0.528. The van der Waals surface area contributed by atoms with Crippen LogP contribution < -0.4 is 5.73 Å². The van der Waals surface area contributed by atoms with Crippen molar-refractivity contribution in [2.24, 2.45) is 10.7 Å². The molecule has 1 aliphatic heterocycles. The summed E-state index contributed by atoms with van der Waals surface area (Å²) in [4.78, 5) is 4.30. The van der Waals surface area contributed by atoms with Gasteiger partial charge >= 0.3 is 61.5 Å². The molecule has 1 heterocycles. The average Bonchev–Trinajstić information content (AvgIpc) is 2.17. The van der Waals surface area contributed by atoms with E-state index in [2.05, 4.69) is 11.9 Å². The first-order chi connectivity index (χ1) is 4.33. The van der Waals surface area contributed by atoms with Gasteiger partial charge in [0.2, 0.25) is 0 Å². The first-order valence-electron chi connectivity index (χ1n) is 3.29. The average molecular weight is 191 g/mol. The fraction of sp³-hybridized carbons (Fsp3) is 0.833. The van der Waals surface area contributed by atoms with Crippen molar-refractivity contribution < 1.29 is 0 Å². The molecular formula is C6H12N2Se. The summed E-state index contributed by atoms with van der Waals surface area (Å²) >= 11 is 0.528. The van der Waals surface area contributed by atoms with Crippen LogP contribution in [0.1, 0.15) is 19.8 Å². The molecule has 0 bridgehead atoms. The standard InChI is InChI=1S/C6H12N2Se/c1-2-3-5-4-9-6(7)8-5/h5H,2-4H2,1H3,(H2,7,8)/t5-/m0/s1. The molecule has 1 rings (SSSR count). The molecule has 2 nitrogen and oxygen atoms in total. The number of nitrogens with two attached hydrogens (primary N) is 1. The van der Waals surface area contributed by atoms with Crippen molar-refractivity contribution in [3.05, 3.63) is 0 Å². The Morgan fingerprint density at radius 1 is 1.89 bits per heavy atom. The molecule has 0 fully saturated rings. The van der Waals surface area contributed by atoms with Crippen LogP contribution in [-0.4, -0.2) is 25.7 Å². The number of aliphatic imine (C=N–C) groups is 1. The van der Waals surface area contributed by atoms with E-state index >= 15 is 0 Å². The molecule has 0 spiro atoms. The Bertz CT molecular complexity index is 122. The number of hydrogen-bond donors (Lipinski definition) is 1. The van der Waals surface area contributed by atoms with Crippen LogP contribution in [-0.2, 0) is 0 Å². The maximum atomic E-state index is 5.53. The van der Waals surface area contributed by atoms with Crippen molar-refractivity contribution in [2.45, 2.75) is 31.1 Å². The monoisotopic (exact) mass is 192 g/mol. The third-order valence-corrected chi connectivity index (χ3v) is 3.35. The van der Waals surface area contributed by atoms with E-state index in [4.69, 9.17) is 5.73 Å². The fourth-order valence-electron chi connectivity index (χ4n) is 0.917. The molecule has 0 amide bonds. The van der Waals surface area contributed by atoms with Gasteiger partial charge in [-0.2, -0.15) is 0 Å². The van der Waals surface area contributed by atoms with Gasteiger partial charge in [-0.3, -0.25) is 0 Å². The second-order valence-corrected chi connectivity index (χ2v) is 4.40. The molecule has 3 heteroatoms. The quantitative estimate of drug-likeness (QED) is 0.638. The van der Waals surface area contributed by atoms with E-state index in [0.29, 0.717) is 21.0 Å². The minimum absolute atomic E-state index is 0.528. The SMILES string of the molecule is CCC[C@H]1C[Se]C(N)=N1. The second kappa shape index (κ2) is 3.23. The molecule has 1 aliphatic rings. The molecule has 0 aliphatic carbocycles. The Balaban J connectivity index is 2.29. The number of amidine groups is 1. The summed E-state index contributed by atoms with van der Waals surface area (Å²) < 4.78 is 0.918.